The fraction of sp³-hybridized carbons (Fsp3) is 0.167. The highest BCUT2D eigenvalue weighted by Gasteiger charge is 2.11. The van der Waals surface area contributed by atoms with Crippen LogP contribution in [-0.4, -0.2) is 30.3 Å². The first-order valence-corrected chi connectivity index (χ1v) is 7.54. The number of anilines is 1. The molecule has 0 atom stereocenters. The summed E-state index contributed by atoms with van der Waals surface area (Å²) in [5.41, 5.74) is 1.86. The molecule has 0 saturated carbocycles. The molecule has 0 radical (unpaired) electrons. The van der Waals surface area contributed by atoms with Gasteiger partial charge in [0.2, 0.25) is 11.8 Å². The normalized spacial score (nSPS) is 10.4. The molecular weight excluding hydrogens is 322 g/mol. The number of ether oxygens (including phenoxy) is 2. The van der Waals surface area contributed by atoms with Crippen molar-refractivity contribution in [3.63, 3.8) is 0 Å². The average Bonchev–Trinajstić information content (AvgIpc) is 3.08. The van der Waals surface area contributed by atoms with E-state index >= 15 is 0 Å². The summed E-state index contributed by atoms with van der Waals surface area (Å²) in [7, 11) is 3.07. The van der Waals surface area contributed by atoms with Gasteiger partial charge in [-0.1, -0.05) is 0 Å². The van der Waals surface area contributed by atoms with Crippen LogP contribution in [0.5, 0.6) is 11.5 Å². The minimum Gasteiger partial charge on any atom is -0.497 e. The molecule has 1 amide bonds. The molecule has 0 fully saturated rings. The van der Waals surface area contributed by atoms with E-state index in [1.807, 2.05) is 0 Å². The Labute approximate surface area is 144 Å². The first kappa shape index (κ1) is 16.5. The number of aryl methyl sites for hydroxylation is 1. The van der Waals surface area contributed by atoms with E-state index in [0.717, 1.165) is 5.56 Å². The van der Waals surface area contributed by atoms with Crippen molar-refractivity contribution in [2.45, 2.75) is 6.92 Å². The molecule has 0 unspecified atom stereocenters. The Kier molecular flexibility index (Phi) is 4.65. The van der Waals surface area contributed by atoms with Crippen molar-refractivity contribution in [2.24, 2.45) is 0 Å². The van der Waals surface area contributed by atoms with Gasteiger partial charge in [0.1, 0.15) is 11.5 Å². The number of benzene rings is 2. The van der Waals surface area contributed by atoms with Crippen LogP contribution in [0.15, 0.2) is 46.9 Å². The summed E-state index contributed by atoms with van der Waals surface area (Å²) in [6.45, 7) is 1.73. The molecule has 1 aromatic heterocycles. The Bertz CT molecular complexity index is 865. The minimum absolute atomic E-state index is 0.265. The molecule has 1 heterocycles. The van der Waals surface area contributed by atoms with Gasteiger partial charge in [-0.2, -0.15) is 0 Å². The number of aromatic nitrogens is 2. The summed E-state index contributed by atoms with van der Waals surface area (Å²) >= 11 is 0. The van der Waals surface area contributed by atoms with Gasteiger partial charge in [-0.05, 0) is 36.4 Å². The highest BCUT2D eigenvalue weighted by atomic mass is 16.5. The van der Waals surface area contributed by atoms with Crippen LogP contribution >= 0.6 is 0 Å². The van der Waals surface area contributed by atoms with Gasteiger partial charge in [0.25, 0.3) is 5.91 Å². The second-order valence-corrected chi connectivity index (χ2v) is 5.26. The molecule has 3 aromatic rings. The highest BCUT2D eigenvalue weighted by Crippen LogP contribution is 2.24. The lowest BCUT2D eigenvalue weighted by Gasteiger charge is -2.09. The summed E-state index contributed by atoms with van der Waals surface area (Å²) in [6, 6.07) is 12.1. The van der Waals surface area contributed by atoms with Gasteiger partial charge in [-0.3, -0.25) is 4.79 Å². The van der Waals surface area contributed by atoms with Crippen LogP contribution in [0.1, 0.15) is 16.2 Å². The van der Waals surface area contributed by atoms with Crippen molar-refractivity contribution in [1.29, 1.82) is 0 Å². The highest BCUT2D eigenvalue weighted by molar-refractivity contribution is 6.04. The smallest absolute Gasteiger partial charge is 0.255 e. The van der Waals surface area contributed by atoms with Gasteiger partial charge >= 0.3 is 0 Å². The average molecular weight is 339 g/mol. The number of methoxy groups -OCH3 is 2. The van der Waals surface area contributed by atoms with Crippen LogP contribution in [0.2, 0.25) is 0 Å². The molecule has 0 spiro atoms. The largest absolute Gasteiger partial charge is 0.497 e. The Morgan fingerprint density at radius 3 is 2.16 bits per heavy atom. The van der Waals surface area contributed by atoms with E-state index in [1.165, 1.54) is 14.2 Å². The van der Waals surface area contributed by atoms with Crippen LogP contribution in [-0.2, 0) is 0 Å². The Morgan fingerprint density at radius 2 is 1.64 bits per heavy atom. The van der Waals surface area contributed by atoms with Crippen LogP contribution in [0.25, 0.3) is 11.5 Å². The Hall–Kier alpha value is -3.35. The maximum absolute atomic E-state index is 12.4. The lowest BCUT2D eigenvalue weighted by atomic mass is 10.1. The summed E-state index contributed by atoms with van der Waals surface area (Å²) in [6.07, 6.45) is 0. The maximum Gasteiger partial charge on any atom is 0.255 e. The predicted octanol–water partition coefficient (Wildman–Crippen LogP) is 3.31. The molecule has 25 heavy (non-hydrogen) atoms. The Balaban J connectivity index is 1.77. The van der Waals surface area contributed by atoms with Crippen LogP contribution < -0.4 is 14.8 Å². The molecule has 0 aliphatic rings. The predicted molar refractivity (Wildman–Crippen MR) is 92.0 cm³/mol. The quantitative estimate of drug-likeness (QED) is 0.767. The molecule has 2 aromatic carbocycles. The monoisotopic (exact) mass is 339 g/mol. The molecule has 7 heteroatoms. The third-order valence-electron chi connectivity index (χ3n) is 3.53. The van der Waals surface area contributed by atoms with E-state index in [1.54, 1.807) is 49.4 Å². The maximum atomic E-state index is 12.4. The summed E-state index contributed by atoms with van der Waals surface area (Å²) in [5, 5.41) is 10.6. The molecule has 128 valence electrons. The Morgan fingerprint density at radius 1 is 1.00 bits per heavy atom. The fourth-order valence-corrected chi connectivity index (χ4v) is 2.25. The summed E-state index contributed by atoms with van der Waals surface area (Å²) in [4.78, 5) is 12.4. The summed E-state index contributed by atoms with van der Waals surface area (Å²) < 4.78 is 15.7. The third kappa shape index (κ3) is 3.77. The number of rotatable bonds is 5. The van der Waals surface area contributed by atoms with Crippen molar-refractivity contribution in [2.75, 3.05) is 19.5 Å². The zero-order valence-corrected chi connectivity index (χ0v) is 14.1. The van der Waals surface area contributed by atoms with Gasteiger partial charge in [-0.15, -0.1) is 10.2 Å². The van der Waals surface area contributed by atoms with Gasteiger partial charge in [0.15, 0.2) is 0 Å². The van der Waals surface area contributed by atoms with Crippen molar-refractivity contribution in [3.05, 3.63) is 53.9 Å². The standard InChI is InChI=1S/C18H17N3O4/c1-11-20-21-18(25-11)12-4-6-14(7-5-12)19-17(22)13-8-15(23-2)10-16(9-13)24-3/h4-10H,1-3H3,(H,19,22). The van der Waals surface area contributed by atoms with Crippen molar-refractivity contribution < 1.29 is 18.7 Å². The first-order valence-electron chi connectivity index (χ1n) is 7.54. The topological polar surface area (TPSA) is 86.5 Å². The molecule has 3 rings (SSSR count). The van der Waals surface area contributed by atoms with E-state index in [2.05, 4.69) is 15.5 Å². The number of hydrogen-bond acceptors (Lipinski definition) is 6. The lowest BCUT2D eigenvalue weighted by Crippen LogP contribution is -2.12. The lowest BCUT2D eigenvalue weighted by molar-refractivity contribution is 0.102. The van der Waals surface area contributed by atoms with Gasteiger partial charge in [0, 0.05) is 29.8 Å². The summed E-state index contributed by atoms with van der Waals surface area (Å²) in [5.74, 6) is 1.77. The minimum atomic E-state index is -0.265. The first-order chi connectivity index (χ1) is 12.1. The van der Waals surface area contributed by atoms with Gasteiger partial charge < -0.3 is 19.2 Å². The number of carbonyl (C=O) groups is 1. The number of hydrogen-bond donors (Lipinski definition) is 1. The second-order valence-electron chi connectivity index (χ2n) is 5.26. The number of amides is 1. The molecule has 0 aliphatic carbocycles. The van der Waals surface area contributed by atoms with E-state index in [-0.39, 0.29) is 5.91 Å². The van der Waals surface area contributed by atoms with E-state index in [0.29, 0.717) is 34.5 Å². The van der Waals surface area contributed by atoms with Crippen LogP contribution in [0.4, 0.5) is 5.69 Å². The molecule has 0 saturated heterocycles. The van der Waals surface area contributed by atoms with E-state index in [9.17, 15) is 4.79 Å². The fourth-order valence-electron chi connectivity index (χ4n) is 2.25. The second kappa shape index (κ2) is 7.04. The number of nitrogens with one attached hydrogen (secondary N) is 1. The molecule has 1 N–H and O–H groups in total. The van der Waals surface area contributed by atoms with Gasteiger partial charge in [0.05, 0.1) is 14.2 Å². The number of nitrogens with zero attached hydrogens (tertiary/aromatic N) is 2. The molecule has 7 nitrogen and oxygen atoms in total. The third-order valence-corrected chi connectivity index (χ3v) is 3.53. The van der Waals surface area contributed by atoms with Crippen molar-refractivity contribution >= 4 is 11.6 Å². The molecule has 0 aliphatic heterocycles. The van der Waals surface area contributed by atoms with Crippen molar-refractivity contribution in [3.8, 4) is 23.0 Å². The zero-order chi connectivity index (χ0) is 17.8. The van der Waals surface area contributed by atoms with Crippen LogP contribution in [0.3, 0.4) is 0 Å². The van der Waals surface area contributed by atoms with Crippen molar-refractivity contribution in [1.82, 2.24) is 10.2 Å². The SMILES string of the molecule is COc1cc(OC)cc(C(=O)Nc2ccc(-c3nnc(C)o3)cc2)c1. The molecule has 0 bridgehead atoms. The van der Waals surface area contributed by atoms with Crippen LogP contribution in [0, 0.1) is 6.92 Å². The molecular formula is C18H17N3O4. The van der Waals surface area contributed by atoms with E-state index in [4.69, 9.17) is 13.9 Å². The van der Waals surface area contributed by atoms with E-state index < -0.39 is 0 Å². The van der Waals surface area contributed by atoms with Gasteiger partial charge in [-0.25, -0.2) is 0 Å². The zero-order valence-electron chi connectivity index (χ0n) is 14.1. The number of carbonyl (C=O) groups excluding carboxylic acids is 1.